The highest BCUT2D eigenvalue weighted by Crippen LogP contribution is 2.27. The van der Waals surface area contributed by atoms with E-state index in [1.54, 1.807) is 18.0 Å². The van der Waals surface area contributed by atoms with Gasteiger partial charge in [-0.05, 0) is 55.8 Å². The van der Waals surface area contributed by atoms with Crippen LogP contribution in [0.25, 0.3) is 0 Å². The van der Waals surface area contributed by atoms with E-state index in [0.717, 1.165) is 36.5 Å². The van der Waals surface area contributed by atoms with E-state index in [0.29, 0.717) is 12.2 Å². The monoisotopic (exact) mass is 460 g/mol. The minimum absolute atomic E-state index is 0.0646. The van der Waals surface area contributed by atoms with Crippen LogP contribution in [0.4, 0.5) is 15.8 Å². The van der Waals surface area contributed by atoms with Crippen LogP contribution in [-0.2, 0) is 23.1 Å². The van der Waals surface area contributed by atoms with Crippen LogP contribution in [0.2, 0.25) is 0 Å². The topological polar surface area (TPSA) is 105 Å². The SMILES string of the molecule is CCCn1nc(C)cc1CN(C)c1ccc(NS(=O)(=O)c2cccc(F)c2)cc1C(=O)O. The average Bonchev–Trinajstić information content (AvgIpc) is 3.06. The Bertz CT molecular complexity index is 1240. The third-order valence-electron chi connectivity index (χ3n) is 4.82. The van der Waals surface area contributed by atoms with Gasteiger partial charge in [0.25, 0.3) is 10.0 Å². The van der Waals surface area contributed by atoms with Gasteiger partial charge < -0.3 is 10.0 Å². The van der Waals surface area contributed by atoms with Gasteiger partial charge in [-0.2, -0.15) is 5.10 Å². The molecule has 0 radical (unpaired) electrons. The Morgan fingerprint density at radius 2 is 1.97 bits per heavy atom. The van der Waals surface area contributed by atoms with Crippen LogP contribution in [0, 0.1) is 12.7 Å². The van der Waals surface area contributed by atoms with Crippen LogP contribution in [0.15, 0.2) is 53.4 Å². The third-order valence-corrected chi connectivity index (χ3v) is 6.20. The number of benzene rings is 2. The number of carboxylic acids is 1. The van der Waals surface area contributed by atoms with Gasteiger partial charge in [-0.3, -0.25) is 9.40 Å². The number of hydrogen-bond acceptors (Lipinski definition) is 5. The molecule has 0 amide bonds. The Morgan fingerprint density at radius 3 is 2.62 bits per heavy atom. The van der Waals surface area contributed by atoms with E-state index in [9.17, 15) is 22.7 Å². The molecule has 32 heavy (non-hydrogen) atoms. The highest BCUT2D eigenvalue weighted by Gasteiger charge is 2.20. The van der Waals surface area contributed by atoms with Crippen molar-refractivity contribution in [2.24, 2.45) is 0 Å². The molecule has 0 saturated carbocycles. The first-order valence-corrected chi connectivity index (χ1v) is 11.5. The molecule has 0 aliphatic carbocycles. The molecule has 0 bridgehead atoms. The zero-order valence-corrected chi connectivity index (χ0v) is 18.9. The molecule has 0 fully saturated rings. The Morgan fingerprint density at radius 1 is 1.22 bits per heavy atom. The van der Waals surface area contributed by atoms with Crippen LogP contribution in [0.1, 0.15) is 35.1 Å². The highest BCUT2D eigenvalue weighted by molar-refractivity contribution is 7.92. The summed E-state index contributed by atoms with van der Waals surface area (Å²) in [7, 11) is -2.32. The Labute approximate surface area is 186 Å². The summed E-state index contributed by atoms with van der Waals surface area (Å²) in [6, 6.07) is 10.8. The van der Waals surface area contributed by atoms with Crippen molar-refractivity contribution >= 4 is 27.4 Å². The first-order chi connectivity index (χ1) is 15.1. The van der Waals surface area contributed by atoms with Gasteiger partial charge in [0.05, 0.1) is 34.1 Å². The number of aromatic nitrogens is 2. The average molecular weight is 461 g/mol. The maximum Gasteiger partial charge on any atom is 0.337 e. The summed E-state index contributed by atoms with van der Waals surface area (Å²) in [6.07, 6.45) is 0.915. The number of sulfonamides is 1. The van der Waals surface area contributed by atoms with Gasteiger partial charge in [0.2, 0.25) is 0 Å². The lowest BCUT2D eigenvalue weighted by atomic mass is 10.1. The molecule has 8 nitrogen and oxygen atoms in total. The lowest BCUT2D eigenvalue weighted by Crippen LogP contribution is -2.22. The molecule has 0 spiro atoms. The lowest BCUT2D eigenvalue weighted by molar-refractivity contribution is 0.0697. The molecule has 0 atom stereocenters. The van der Waals surface area contributed by atoms with E-state index >= 15 is 0 Å². The Hall–Kier alpha value is -3.40. The fraction of sp³-hybridized carbons (Fsp3) is 0.273. The maximum absolute atomic E-state index is 13.4. The number of nitrogens with zero attached hydrogens (tertiary/aromatic N) is 3. The molecule has 1 aromatic heterocycles. The van der Waals surface area contributed by atoms with E-state index < -0.39 is 21.8 Å². The number of carbonyl (C=O) groups is 1. The van der Waals surface area contributed by atoms with Gasteiger partial charge in [0.1, 0.15) is 5.82 Å². The normalized spacial score (nSPS) is 11.4. The quantitative estimate of drug-likeness (QED) is 0.502. The van der Waals surface area contributed by atoms with E-state index in [-0.39, 0.29) is 16.1 Å². The van der Waals surface area contributed by atoms with Crippen LogP contribution in [-0.4, -0.2) is 36.3 Å². The van der Waals surface area contributed by atoms with Crippen molar-refractivity contribution in [2.75, 3.05) is 16.7 Å². The minimum Gasteiger partial charge on any atom is -0.478 e. The van der Waals surface area contributed by atoms with Crippen molar-refractivity contribution in [3.63, 3.8) is 0 Å². The number of hydrogen-bond donors (Lipinski definition) is 2. The molecular weight excluding hydrogens is 435 g/mol. The fourth-order valence-electron chi connectivity index (χ4n) is 3.41. The smallest absolute Gasteiger partial charge is 0.337 e. The molecule has 10 heteroatoms. The standard InChI is InChI=1S/C22H25FN4O4S/c1-4-10-27-18(11-15(2)24-27)14-26(3)21-9-8-17(13-20(21)22(28)29)25-32(30,31)19-7-5-6-16(23)12-19/h5-9,11-13,25H,4,10,14H2,1-3H3,(H,28,29). The largest absolute Gasteiger partial charge is 0.478 e. The van der Waals surface area contributed by atoms with Crippen LogP contribution in [0.5, 0.6) is 0 Å². The number of rotatable bonds is 9. The van der Waals surface area contributed by atoms with E-state index in [4.69, 9.17) is 0 Å². The first-order valence-electron chi connectivity index (χ1n) is 10.0. The summed E-state index contributed by atoms with van der Waals surface area (Å²) in [5.41, 5.74) is 2.25. The predicted octanol–water partition coefficient (Wildman–Crippen LogP) is 3.88. The summed E-state index contributed by atoms with van der Waals surface area (Å²) < 4.78 is 42.7. The van der Waals surface area contributed by atoms with Crippen molar-refractivity contribution in [3.8, 4) is 0 Å². The number of anilines is 2. The highest BCUT2D eigenvalue weighted by atomic mass is 32.2. The minimum atomic E-state index is -4.08. The van der Waals surface area contributed by atoms with Crippen molar-refractivity contribution < 1.29 is 22.7 Å². The van der Waals surface area contributed by atoms with Crippen LogP contribution >= 0.6 is 0 Å². The van der Waals surface area contributed by atoms with E-state index in [1.807, 2.05) is 17.7 Å². The van der Waals surface area contributed by atoms with Crippen molar-refractivity contribution in [3.05, 3.63) is 71.3 Å². The van der Waals surface area contributed by atoms with Gasteiger partial charge in [0, 0.05) is 19.3 Å². The van der Waals surface area contributed by atoms with Crippen molar-refractivity contribution in [2.45, 2.75) is 38.3 Å². The number of aromatic carboxylic acids is 1. The molecule has 1 heterocycles. The molecule has 0 aliphatic heterocycles. The van der Waals surface area contributed by atoms with Crippen LogP contribution < -0.4 is 9.62 Å². The molecule has 3 rings (SSSR count). The zero-order valence-electron chi connectivity index (χ0n) is 18.0. The fourth-order valence-corrected chi connectivity index (χ4v) is 4.49. The van der Waals surface area contributed by atoms with Crippen LogP contribution in [0.3, 0.4) is 0 Å². The molecule has 170 valence electrons. The number of halogens is 1. The predicted molar refractivity (Wildman–Crippen MR) is 120 cm³/mol. The second-order valence-electron chi connectivity index (χ2n) is 7.46. The second kappa shape index (κ2) is 9.39. The molecule has 0 unspecified atom stereocenters. The third kappa shape index (κ3) is 5.25. The number of aryl methyl sites for hydroxylation is 2. The van der Waals surface area contributed by atoms with Crippen molar-refractivity contribution in [1.82, 2.24) is 9.78 Å². The molecule has 2 aromatic carbocycles. The second-order valence-corrected chi connectivity index (χ2v) is 9.14. The zero-order chi connectivity index (χ0) is 23.5. The van der Waals surface area contributed by atoms with E-state index in [1.165, 1.54) is 24.3 Å². The van der Waals surface area contributed by atoms with Gasteiger partial charge in [-0.1, -0.05) is 13.0 Å². The summed E-state index contributed by atoms with van der Waals surface area (Å²) in [5.74, 6) is -1.88. The van der Waals surface area contributed by atoms with E-state index in [2.05, 4.69) is 16.7 Å². The number of carboxylic acid groups (broad SMARTS) is 1. The summed E-state index contributed by atoms with van der Waals surface area (Å²) in [4.78, 5) is 13.4. The molecule has 0 aliphatic rings. The summed E-state index contributed by atoms with van der Waals surface area (Å²) in [5, 5.41) is 14.2. The van der Waals surface area contributed by atoms with Gasteiger partial charge in [-0.15, -0.1) is 0 Å². The molecular formula is C22H25FN4O4S. The Kier molecular flexibility index (Phi) is 6.83. The maximum atomic E-state index is 13.4. The summed E-state index contributed by atoms with van der Waals surface area (Å²) >= 11 is 0. The van der Waals surface area contributed by atoms with Gasteiger partial charge in [0.15, 0.2) is 0 Å². The summed E-state index contributed by atoms with van der Waals surface area (Å²) in [6.45, 7) is 5.13. The molecule has 2 N–H and O–H groups in total. The Balaban J connectivity index is 1.88. The van der Waals surface area contributed by atoms with Gasteiger partial charge >= 0.3 is 5.97 Å². The lowest BCUT2D eigenvalue weighted by Gasteiger charge is -2.22. The molecule has 3 aromatic rings. The van der Waals surface area contributed by atoms with Gasteiger partial charge in [-0.25, -0.2) is 17.6 Å². The number of nitrogens with one attached hydrogen (secondary N) is 1. The van der Waals surface area contributed by atoms with Crippen molar-refractivity contribution in [1.29, 1.82) is 0 Å². The first kappa shape index (κ1) is 23.3. The molecule has 0 saturated heterocycles.